The number of hydrogen-bond acceptors (Lipinski definition) is 4. The maximum absolute atomic E-state index is 10.9. The van der Waals surface area contributed by atoms with Gasteiger partial charge in [-0.1, -0.05) is 29.8 Å². The van der Waals surface area contributed by atoms with Gasteiger partial charge in [0.15, 0.2) is 0 Å². The summed E-state index contributed by atoms with van der Waals surface area (Å²) < 4.78 is 7.07. The number of hydrogen-bond donors (Lipinski definition) is 2. The molecule has 0 radical (unpaired) electrons. The van der Waals surface area contributed by atoms with Gasteiger partial charge in [0.25, 0.3) is 0 Å². The van der Waals surface area contributed by atoms with Gasteiger partial charge in [-0.15, -0.1) is 11.8 Å². The molecule has 2 atom stereocenters. The highest BCUT2D eigenvalue weighted by Gasteiger charge is 2.29. The van der Waals surface area contributed by atoms with Crippen LogP contribution < -0.4 is 10.1 Å². The average molecular weight is 388 g/mol. The van der Waals surface area contributed by atoms with Gasteiger partial charge in [0, 0.05) is 16.6 Å². The molecule has 1 aliphatic heterocycles. The minimum absolute atomic E-state index is 0.153. The van der Waals surface area contributed by atoms with Crippen molar-refractivity contribution in [2.24, 2.45) is 0 Å². The molecular weight excluding hydrogens is 366 g/mol. The Hall–Kier alpha value is -0.720. The summed E-state index contributed by atoms with van der Waals surface area (Å²) >= 11 is 5.22. The van der Waals surface area contributed by atoms with Crippen molar-refractivity contribution in [3.8, 4) is 5.75 Å². The van der Waals surface area contributed by atoms with Crippen LogP contribution in [0.1, 0.15) is 37.3 Å². The molecule has 22 heavy (non-hydrogen) atoms. The molecule has 0 spiro atoms. The second-order valence-electron chi connectivity index (χ2n) is 5.81. The third kappa shape index (κ3) is 4.40. The molecule has 0 bridgehead atoms. The number of thioether (sulfide) groups is 1. The second-order valence-corrected chi connectivity index (χ2v) is 7.90. The number of ether oxygens (including phenoxy) is 1. The molecule has 0 saturated carbocycles. The SMILES string of the molecule is Cc1cc(OCCC2NC(C(=O)O)CS2)c(C(C)C)cc1Br. The van der Waals surface area contributed by atoms with Crippen LogP contribution in [0, 0.1) is 6.92 Å². The summed E-state index contributed by atoms with van der Waals surface area (Å²) in [5, 5.41) is 12.2. The molecule has 6 heteroatoms. The molecular formula is C16H22BrNO3S. The monoisotopic (exact) mass is 387 g/mol. The van der Waals surface area contributed by atoms with E-state index in [2.05, 4.69) is 47.2 Å². The lowest BCUT2D eigenvalue weighted by Crippen LogP contribution is -2.37. The zero-order chi connectivity index (χ0) is 16.3. The summed E-state index contributed by atoms with van der Waals surface area (Å²) in [6.07, 6.45) is 0.793. The molecule has 1 saturated heterocycles. The van der Waals surface area contributed by atoms with Crippen molar-refractivity contribution in [1.82, 2.24) is 5.32 Å². The highest BCUT2D eigenvalue weighted by molar-refractivity contribution is 9.10. The van der Waals surface area contributed by atoms with Gasteiger partial charge in [-0.3, -0.25) is 10.1 Å². The lowest BCUT2D eigenvalue weighted by Gasteiger charge is -2.17. The van der Waals surface area contributed by atoms with E-state index >= 15 is 0 Å². The van der Waals surface area contributed by atoms with E-state index in [1.807, 2.05) is 6.92 Å². The van der Waals surface area contributed by atoms with Crippen LogP contribution in [-0.4, -0.2) is 34.9 Å². The fraction of sp³-hybridized carbons (Fsp3) is 0.562. The van der Waals surface area contributed by atoms with Gasteiger partial charge in [0.1, 0.15) is 11.8 Å². The Morgan fingerprint density at radius 1 is 1.55 bits per heavy atom. The molecule has 122 valence electrons. The molecule has 1 heterocycles. The summed E-state index contributed by atoms with van der Waals surface area (Å²) in [4.78, 5) is 10.9. The molecule has 1 aromatic rings. The second kappa shape index (κ2) is 7.70. The van der Waals surface area contributed by atoms with Crippen molar-refractivity contribution in [2.75, 3.05) is 12.4 Å². The number of carboxylic acids is 1. The molecule has 2 rings (SSSR count). The van der Waals surface area contributed by atoms with E-state index in [0.717, 1.165) is 22.2 Å². The zero-order valence-electron chi connectivity index (χ0n) is 13.1. The maximum Gasteiger partial charge on any atom is 0.321 e. The number of carbonyl (C=O) groups is 1. The first kappa shape index (κ1) is 17.6. The van der Waals surface area contributed by atoms with E-state index in [1.54, 1.807) is 11.8 Å². The molecule has 1 aliphatic rings. The molecule has 0 amide bonds. The van der Waals surface area contributed by atoms with Gasteiger partial charge < -0.3 is 9.84 Å². The summed E-state index contributed by atoms with van der Waals surface area (Å²) in [5.41, 5.74) is 2.34. The van der Waals surface area contributed by atoms with E-state index in [1.165, 1.54) is 5.56 Å². The fourth-order valence-electron chi connectivity index (χ4n) is 2.36. The Bertz CT molecular complexity index is 550. The van der Waals surface area contributed by atoms with E-state index in [0.29, 0.717) is 18.3 Å². The Morgan fingerprint density at radius 3 is 2.86 bits per heavy atom. The summed E-state index contributed by atoms with van der Waals surface area (Å²) in [5.74, 6) is 1.16. The minimum atomic E-state index is -0.776. The smallest absolute Gasteiger partial charge is 0.321 e. The van der Waals surface area contributed by atoms with Gasteiger partial charge in [-0.05, 0) is 36.1 Å². The Kier molecular flexibility index (Phi) is 6.17. The summed E-state index contributed by atoms with van der Waals surface area (Å²) in [6, 6.07) is 3.75. The summed E-state index contributed by atoms with van der Waals surface area (Å²) in [6.45, 7) is 6.93. The van der Waals surface area contributed by atoms with Crippen LogP contribution in [0.25, 0.3) is 0 Å². The van der Waals surface area contributed by atoms with E-state index in [-0.39, 0.29) is 5.37 Å². The van der Waals surface area contributed by atoms with Crippen LogP contribution in [0.5, 0.6) is 5.75 Å². The number of halogens is 1. The van der Waals surface area contributed by atoms with Crippen molar-refractivity contribution in [1.29, 1.82) is 0 Å². The Labute approximate surface area is 144 Å². The molecule has 2 unspecified atom stereocenters. The molecule has 1 fully saturated rings. The predicted molar refractivity (Wildman–Crippen MR) is 93.9 cm³/mol. The van der Waals surface area contributed by atoms with Crippen molar-refractivity contribution in [3.63, 3.8) is 0 Å². The van der Waals surface area contributed by atoms with Gasteiger partial charge in [-0.25, -0.2) is 0 Å². The minimum Gasteiger partial charge on any atom is -0.493 e. The molecule has 0 aromatic heterocycles. The number of benzene rings is 1. The van der Waals surface area contributed by atoms with E-state index < -0.39 is 12.0 Å². The van der Waals surface area contributed by atoms with Crippen molar-refractivity contribution in [2.45, 2.75) is 44.5 Å². The van der Waals surface area contributed by atoms with Crippen LogP contribution >= 0.6 is 27.7 Å². The Morgan fingerprint density at radius 2 is 2.27 bits per heavy atom. The van der Waals surface area contributed by atoms with Gasteiger partial charge in [-0.2, -0.15) is 0 Å². The van der Waals surface area contributed by atoms with Gasteiger partial charge in [0.05, 0.1) is 12.0 Å². The van der Waals surface area contributed by atoms with Gasteiger partial charge >= 0.3 is 5.97 Å². The number of nitrogens with one attached hydrogen (secondary N) is 1. The molecule has 4 nitrogen and oxygen atoms in total. The lowest BCUT2D eigenvalue weighted by atomic mass is 10.0. The van der Waals surface area contributed by atoms with Crippen LogP contribution in [-0.2, 0) is 4.79 Å². The van der Waals surface area contributed by atoms with E-state index in [9.17, 15) is 4.79 Å². The quantitative estimate of drug-likeness (QED) is 0.777. The van der Waals surface area contributed by atoms with Gasteiger partial charge in [0.2, 0.25) is 0 Å². The Balaban J connectivity index is 1.92. The lowest BCUT2D eigenvalue weighted by molar-refractivity contribution is -0.138. The first-order valence-electron chi connectivity index (χ1n) is 7.41. The fourth-order valence-corrected chi connectivity index (χ4v) is 3.91. The van der Waals surface area contributed by atoms with Crippen LogP contribution in [0.2, 0.25) is 0 Å². The van der Waals surface area contributed by atoms with Crippen molar-refractivity contribution in [3.05, 3.63) is 27.7 Å². The standard InChI is InChI=1S/C16H22BrNO3S/c1-9(2)11-7-12(17)10(3)6-14(11)21-5-4-15-18-13(8-22-15)16(19)20/h6-7,9,13,15,18H,4-5,8H2,1-3H3,(H,19,20). The van der Waals surface area contributed by atoms with Crippen LogP contribution in [0.4, 0.5) is 0 Å². The summed E-state index contributed by atoms with van der Waals surface area (Å²) in [7, 11) is 0. The topological polar surface area (TPSA) is 58.6 Å². The van der Waals surface area contributed by atoms with Crippen LogP contribution in [0.15, 0.2) is 16.6 Å². The molecule has 0 aliphatic carbocycles. The largest absolute Gasteiger partial charge is 0.493 e. The third-order valence-electron chi connectivity index (χ3n) is 3.70. The van der Waals surface area contributed by atoms with Crippen molar-refractivity contribution < 1.29 is 14.6 Å². The first-order chi connectivity index (χ1) is 10.4. The number of aryl methyl sites for hydroxylation is 1. The highest BCUT2D eigenvalue weighted by atomic mass is 79.9. The van der Waals surface area contributed by atoms with E-state index in [4.69, 9.17) is 9.84 Å². The zero-order valence-corrected chi connectivity index (χ0v) is 15.5. The number of rotatable bonds is 6. The predicted octanol–water partition coefficient (Wildman–Crippen LogP) is 3.77. The van der Waals surface area contributed by atoms with Crippen molar-refractivity contribution >= 4 is 33.7 Å². The normalized spacial score (nSPS) is 21.3. The average Bonchev–Trinajstić information content (AvgIpc) is 2.91. The maximum atomic E-state index is 10.9. The number of carboxylic acid groups (broad SMARTS) is 1. The molecule has 2 N–H and O–H groups in total. The first-order valence-corrected chi connectivity index (χ1v) is 9.26. The van der Waals surface area contributed by atoms with Crippen LogP contribution in [0.3, 0.4) is 0 Å². The molecule has 1 aromatic carbocycles. The third-order valence-corrected chi connectivity index (χ3v) is 5.85. The highest BCUT2D eigenvalue weighted by Crippen LogP contribution is 2.32. The number of aliphatic carboxylic acids is 1.